The number of alkyl carbamates (subject to hydrolysis) is 1. The van der Waals surface area contributed by atoms with E-state index in [-0.39, 0.29) is 24.3 Å². The van der Waals surface area contributed by atoms with Crippen LogP contribution in [0.4, 0.5) is 9.18 Å². The molecule has 0 bridgehead atoms. The number of hydrogen-bond acceptors (Lipinski definition) is 5. The molecule has 140 valence electrons. The van der Waals surface area contributed by atoms with Crippen molar-refractivity contribution in [1.82, 2.24) is 10.7 Å². The van der Waals surface area contributed by atoms with Gasteiger partial charge in [-0.3, -0.25) is 0 Å². The largest absolute Gasteiger partial charge is 0.459 e. The van der Waals surface area contributed by atoms with Crippen molar-refractivity contribution in [2.45, 2.75) is 52.3 Å². The van der Waals surface area contributed by atoms with Crippen molar-refractivity contribution in [2.75, 3.05) is 0 Å². The van der Waals surface area contributed by atoms with Crippen molar-refractivity contribution in [3.8, 4) is 0 Å². The lowest BCUT2D eigenvalue weighted by molar-refractivity contribution is 0.0520. The van der Waals surface area contributed by atoms with Crippen LogP contribution in [0, 0.1) is 11.7 Å². The first-order chi connectivity index (χ1) is 12.2. The molecule has 0 aliphatic carbocycles. The van der Waals surface area contributed by atoms with E-state index in [0.29, 0.717) is 23.2 Å². The van der Waals surface area contributed by atoms with Crippen molar-refractivity contribution in [3.05, 3.63) is 35.3 Å². The Labute approximate surface area is 151 Å². The molecular formula is C19H24FN3O3. The summed E-state index contributed by atoms with van der Waals surface area (Å²) in [6.45, 7) is 7.60. The lowest BCUT2D eigenvalue weighted by Crippen LogP contribution is -2.32. The Hall–Kier alpha value is -2.57. The number of ether oxygens (including phenoxy) is 1. The second kappa shape index (κ2) is 6.97. The van der Waals surface area contributed by atoms with Crippen molar-refractivity contribution >= 4 is 23.3 Å². The molecule has 26 heavy (non-hydrogen) atoms. The molecule has 7 heteroatoms. The van der Waals surface area contributed by atoms with E-state index in [2.05, 4.69) is 15.8 Å². The summed E-state index contributed by atoms with van der Waals surface area (Å²) in [6, 6.07) is 4.86. The molecule has 0 saturated carbocycles. The first kappa shape index (κ1) is 18.2. The molecule has 3 rings (SSSR count). The molecule has 0 fully saturated rings. The van der Waals surface area contributed by atoms with Gasteiger partial charge in [-0.1, -0.05) is 0 Å². The summed E-state index contributed by atoms with van der Waals surface area (Å²) in [5.74, 6) is 0.410. The minimum Gasteiger partial charge on any atom is -0.459 e. The summed E-state index contributed by atoms with van der Waals surface area (Å²) in [5, 5.41) is 7.40. The average Bonchev–Trinajstić information content (AvgIpc) is 3.10. The molecule has 1 aliphatic heterocycles. The third kappa shape index (κ3) is 4.33. The second-order valence-corrected chi connectivity index (χ2v) is 7.62. The predicted octanol–water partition coefficient (Wildman–Crippen LogP) is 3.73. The molecule has 2 heterocycles. The molecule has 0 radical (unpaired) electrons. The Balaban J connectivity index is 1.76. The maximum atomic E-state index is 14.0. The Morgan fingerprint density at radius 2 is 2.15 bits per heavy atom. The number of furan rings is 1. The van der Waals surface area contributed by atoms with Crippen LogP contribution in [0.3, 0.4) is 0 Å². The van der Waals surface area contributed by atoms with Crippen LogP contribution in [-0.4, -0.2) is 24.0 Å². The highest BCUT2D eigenvalue weighted by Gasteiger charge is 2.22. The molecule has 2 aromatic rings. The SMILES string of the molecule is C[C@H]1NN=CC1Cc1cc(F)cc2cc(CNC(=O)OC(C)(C)C)oc12. The smallest absolute Gasteiger partial charge is 0.408 e. The van der Waals surface area contributed by atoms with Gasteiger partial charge in [0.15, 0.2) is 0 Å². The van der Waals surface area contributed by atoms with Gasteiger partial charge in [0.2, 0.25) is 0 Å². The maximum absolute atomic E-state index is 14.0. The number of carbonyl (C=O) groups is 1. The van der Waals surface area contributed by atoms with Crippen LogP contribution in [-0.2, 0) is 17.7 Å². The van der Waals surface area contributed by atoms with Gasteiger partial charge in [-0.15, -0.1) is 0 Å². The van der Waals surface area contributed by atoms with Gasteiger partial charge < -0.3 is 19.9 Å². The Morgan fingerprint density at radius 1 is 1.38 bits per heavy atom. The Bertz CT molecular complexity index is 838. The minimum atomic E-state index is -0.568. The number of benzene rings is 1. The summed E-state index contributed by atoms with van der Waals surface area (Å²) in [6.07, 6.45) is 1.94. The zero-order chi connectivity index (χ0) is 18.9. The normalized spacial score (nSPS) is 19.6. The fourth-order valence-corrected chi connectivity index (χ4v) is 2.92. The number of nitrogens with zero attached hydrogens (tertiary/aromatic N) is 1. The highest BCUT2D eigenvalue weighted by atomic mass is 19.1. The molecular weight excluding hydrogens is 337 g/mol. The van der Waals surface area contributed by atoms with E-state index in [9.17, 15) is 9.18 Å². The summed E-state index contributed by atoms with van der Waals surface area (Å²) in [7, 11) is 0. The van der Waals surface area contributed by atoms with Crippen LogP contribution >= 0.6 is 0 Å². The van der Waals surface area contributed by atoms with E-state index >= 15 is 0 Å². The fourth-order valence-electron chi connectivity index (χ4n) is 2.92. The number of nitrogens with one attached hydrogen (secondary N) is 2. The molecule has 1 aromatic carbocycles. The summed E-state index contributed by atoms with van der Waals surface area (Å²) < 4.78 is 25.1. The number of halogens is 1. The van der Waals surface area contributed by atoms with Gasteiger partial charge >= 0.3 is 6.09 Å². The standard InChI is InChI=1S/C19H24FN3O3/c1-11-14(9-22-23-11)5-12-6-15(20)7-13-8-16(25-17(12)13)10-21-18(24)26-19(2,3)4/h6-9,11,14,23H,5,10H2,1-4H3,(H,21,24)/t11-,14?/m1/s1. The molecule has 6 nitrogen and oxygen atoms in total. The van der Waals surface area contributed by atoms with Crippen molar-refractivity contribution < 1.29 is 18.3 Å². The number of fused-ring (bicyclic) bond motifs is 1. The first-order valence-corrected chi connectivity index (χ1v) is 8.68. The predicted molar refractivity (Wildman–Crippen MR) is 97.5 cm³/mol. The van der Waals surface area contributed by atoms with Crippen LogP contribution in [0.5, 0.6) is 0 Å². The number of amides is 1. The van der Waals surface area contributed by atoms with Gasteiger partial charge in [-0.25, -0.2) is 9.18 Å². The van der Waals surface area contributed by atoms with Crippen LogP contribution < -0.4 is 10.7 Å². The quantitative estimate of drug-likeness (QED) is 0.870. The fraction of sp³-hybridized carbons (Fsp3) is 0.474. The first-order valence-electron chi connectivity index (χ1n) is 8.68. The molecule has 0 saturated heterocycles. The molecule has 1 aromatic heterocycles. The Kier molecular flexibility index (Phi) is 4.89. The van der Waals surface area contributed by atoms with Crippen LogP contribution in [0.25, 0.3) is 11.0 Å². The van der Waals surface area contributed by atoms with Crippen LogP contribution in [0.15, 0.2) is 27.7 Å². The molecule has 0 spiro atoms. The van der Waals surface area contributed by atoms with Gasteiger partial charge in [-0.2, -0.15) is 5.10 Å². The van der Waals surface area contributed by atoms with E-state index in [1.165, 1.54) is 12.1 Å². The van der Waals surface area contributed by atoms with Gasteiger partial charge in [0.25, 0.3) is 0 Å². The van der Waals surface area contributed by atoms with Crippen LogP contribution in [0.2, 0.25) is 0 Å². The van der Waals surface area contributed by atoms with E-state index < -0.39 is 11.7 Å². The van der Waals surface area contributed by atoms with E-state index in [0.717, 1.165) is 5.56 Å². The maximum Gasteiger partial charge on any atom is 0.408 e. The summed E-state index contributed by atoms with van der Waals surface area (Å²) in [5.41, 5.74) is 3.85. The van der Waals surface area contributed by atoms with Gasteiger partial charge in [0.05, 0.1) is 6.54 Å². The topological polar surface area (TPSA) is 75.9 Å². The summed E-state index contributed by atoms with van der Waals surface area (Å²) >= 11 is 0. The van der Waals surface area contributed by atoms with Crippen LogP contribution in [0.1, 0.15) is 39.0 Å². The number of rotatable bonds is 4. The third-order valence-corrected chi connectivity index (χ3v) is 4.16. The van der Waals surface area contributed by atoms with Gasteiger partial charge in [-0.05, 0) is 57.9 Å². The highest BCUT2D eigenvalue weighted by molar-refractivity contribution is 5.82. The number of hydrogen-bond donors (Lipinski definition) is 2. The number of carbonyl (C=O) groups excluding carboxylic acids is 1. The van der Waals surface area contributed by atoms with Crippen molar-refractivity contribution in [2.24, 2.45) is 11.0 Å². The summed E-state index contributed by atoms with van der Waals surface area (Å²) in [4.78, 5) is 11.8. The molecule has 2 atom stereocenters. The Morgan fingerprint density at radius 3 is 2.81 bits per heavy atom. The zero-order valence-electron chi connectivity index (χ0n) is 15.4. The van der Waals surface area contributed by atoms with E-state index in [1.807, 2.05) is 13.1 Å². The average molecular weight is 361 g/mol. The minimum absolute atomic E-state index is 0.174. The van der Waals surface area contributed by atoms with Gasteiger partial charge in [0.1, 0.15) is 22.8 Å². The molecule has 1 aliphatic rings. The number of hydrazone groups is 1. The monoisotopic (exact) mass is 361 g/mol. The van der Waals surface area contributed by atoms with E-state index in [4.69, 9.17) is 9.15 Å². The molecule has 1 amide bonds. The van der Waals surface area contributed by atoms with Crippen molar-refractivity contribution in [1.29, 1.82) is 0 Å². The molecule has 2 N–H and O–H groups in total. The lowest BCUT2D eigenvalue weighted by Gasteiger charge is -2.19. The second-order valence-electron chi connectivity index (χ2n) is 7.62. The van der Waals surface area contributed by atoms with Crippen molar-refractivity contribution in [3.63, 3.8) is 0 Å². The lowest BCUT2D eigenvalue weighted by atomic mass is 9.94. The highest BCUT2D eigenvalue weighted by Crippen LogP contribution is 2.27. The third-order valence-electron chi connectivity index (χ3n) is 4.16. The zero-order valence-corrected chi connectivity index (χ0v) is 15.4. The van der Waals surface area contributed by atoms with Gasteiger partial charge in [0, 0.05) is 23.6 Å². The van der Waals surface area contributed by atoms with E-state index in [1.54, 1.807) is 26.8 Å². The molecule has 1 unspecified atom stereocenters.